The Labute approximate surface area is 153 Å². The predicted molar refractivity (Wildman–Crippen MR) is 104 cm³/mol. The Kier molecular flexibility index (Phi) is 4.44. The molecule has 26 heavy (non-hydrogen) atoms. The van der Waals surface area contributed by atoms with Crippen molar-refractivity contribution in [1.82, 2.24) is 9.97 Å². The van der Waals surface area contributed by atoms with E-state index in [1.807, 2.05) is 37.3 Å². The third-order valence-electron chi connectivity index (χ3n) is 4.65. The van der Waals surface area contributed by atoms with Crippen LogP contribution in [0.4, 0.5) is 17.5 Å². The summed E-state index contributed by atoms with van der Waals surface area (Å²) < 4.78 is 5.40. The number of benzene rings is 2. The van der Waals surface area contributed by atoms with Crippen LogP contribution < -0.4 is 15.0 Å². The zero-order valence-corrected chi connectivity index (χ0v) is 15.1. The van der Waals surface area contributed by atoms with Crippen LogP contribution in [0.2, 0.25) is 0 Å². The summed E-state index contributed by atoms with van der Waals surface area (Å²) in [5.74, 6) is 2.30. The number of rotatable bonds is 4. The van der Waals surface area contributed by atoms with Crippen molar-refractivity contribution >= 4 is 17.5 Å². The Morgan fingerprint density at radius 2 is 1.77 bits per heavy atom. The minimum Gasteiger partial charge on any atom is -0.495 e. The first kappa shape index (κ1) is 16.4. The lowest BCUT2D eigenvalue weighted by atomic mass is 10.00. The highest BCUT2D eigenvalue weighted by molar-refractivity contribution is 5.63. The van der Waals surface area contributed by atoms with E-state index in [1.165, 1.54) is 11.1 Å². The number of nitrogens with zero attached hydrogens (tertiary/aromatic N) is 3. The Morgan fingerprint density at radius 1 is 1.00 bits per heavy atom. The molecule has 1 aliphatic rings. The van der Waals surface area contributed by atoms with Crippen LogP contribution in [0.15, 0.2) is 54.6 Å². The van der Waals surface area contributed by atoms with Crippen LogP contribution in [-0.2, 0) is 13.0 Å². The van der Waals surface area contributed by atoms with Gasteiger partial charge in [0.2, 0.25) is 5.95 Å². The molecule has 0 saturated heterocycles. The zero-order chi connectivity index (χ0) is 17.9. The lowest BCUT2D eigenvalue weighted by Crippen LogP contribution is -2.31. The molecule has 0 spiro atoms. The van der Waals surface area contributed by atoms with Gasteiger partial charge in [-0.3, -0.25) is 0 Å². The number of aryl methyl sites for hydroxylation is 1. The summed E-state index contributed by atoms with van der Waals surface area (Å²) in [7, 11) is 1.66. The maximum atomic E-state index is 5.40. The number of para-hydroxylation sites is 2. The van der Waals surface area contributed by atoms with Gasteiger partial charge in [0.05, 0.1) is 12.8 Å². The number of anilines is 3. The summed E-state index contributed by atoms with van der Waals surface area (Å²) >= 11 is 0. The lowest BCUT2D eigenvalue weighted by Gasteiger charge is -2.30. The molecule has 0 unspecified atom stereocenters. The van der Waals surface area contributed by atoms with Crippen molar-refractivity contribution in [2.24, 2.45) is 0 Å². The highest BCUT2D eigenvalue weighted by Gasteiger charge is 2.18. The first-order valence-electron chi connectivity index (χ1n) is 8.80. The molecular formula is C21H22N4O. The topological polar surface area (TPSA) is 50.3 Å². The smallest absolute Gasteiger partial charge is 0.229 e. The molecule has 0 saturated carbocycles. The minimum atomic E-state index is 0.586. The van der Waals surface area contributed by atoms with E-state index in [0.29, 0.717) is 5.95 Å². The van der Waals surface area contributed by atoms with Crippen LogP contribution >= 0.6 is 0 Å². The van der Waals surface area contributed by atoms with Gasteiger partial charge in [-0.1, -0.05) is 36.4 Å². The van der Waals surface area contributed by atoms with Crippen molar-refractivity contribution in [3.8, 4) is 5.75 Å². The molecule has 132 valence electrons. The number of hydrogen-bond donors (Lipinski definition) is 1. The second kappa shape index (κ2) is 7.04. The van der Waals surface area contributed by atoms with Crippen molar-refractivity contribution < 1.29 is 4.74 Å². The van der Waals surface area contributed by atoms with Crippen LogP contribution in [0.3, 0.4) is 0 Å². The van der Waals surface area contributed by atoms with Gasteiger partial charge in [0, 0.05) is 24.8 Å². The molecule has 0 atom stereocenters. The van der Waals surface area contributed by atoms with E-state index in [4.69, 9.17) is 9.72 Å². The molecule has 1 N–H and O–H groups in total. The summed E-state index contributed by atoms with van der Waals surface area (Å²) in [6, 6.07) is 18.4. The number of ether oxygens (including phenoxy) is 1. The molecular weight excluding hydrogens is 324 g/mol. The monoisotopic (exact) mass is 346 g/mol. The largest absolute Gasteiger partial charge is 0.495 e. The van der Waals surface area contributed by atoms with E-state index in [1.54, 1.807) is 7.11 Å². The van der Waals surface area contributed by atoms with Crippen molar-refractivity contribution in [3.63, 3.8) is 0 Å². The molecule has 1 aliphatic heterocycles. The average Bonchev–Trinajstić information content (AvgIpc) is 2.67. The van der Waals surface area contributed by atoms with E-state index in [9.17, 15) is 0 Å². The standard InChI is InChI=1S/C21H22N4O/c1-15-13-20(25-12-11-16-7-3-4-8-17(16)14-25)24-21(22-15)23-18-9-5-6-10-19(18)26-2/h3-10,13H,11-12,14H2,1-2H3,(H,22,23,24). The van der Waals surface area contributed by atoms with Crippen molar-refractivity contribution in [2.45, 2.75) is 19.9 Å². The molecule has 2 heterocycles. The molecule has 3 aromatic rings. The normalized spacial score (nSPS) is 13.2. The fourth-order valence-corrected chi connectivity index (χ4v) is 3.33. The Hall–Kier alpha value is -3.08. The molecule has 4 rings (SSSR count). The lowest BCUT2D eigenvalue weighted by molar-refractivity contribution is 0.417. The van der Waals surface area contributed by atoms with Gasteiger partial charge in [-0.25, -0.2) is 4.98 Å². The highest BCUT2D eigenvalue weighted by Crippen LogP contribution is 2.28. The van der Waals surface area contributed by atoms with Gasteiger partial charge in [0.25, 0.3) is 0 Å². The van der Waals surface area contributed by atoms with Gasteiger partial charge >= 0.3 is 0 Å². The Morgan fingerprint density at radius 3 is 2.62 bits per heavy atom. The fourth-order valence-electron chi connectivity index (χ4n) is 3.33. The Balaban J connectivity index is 1.61. The molecule has 1 aromatic heterocycles. The van der Waals surface area contributed by atoms with Gasteiger partial charge in [0.1, 0.15) is 11.6 Å². The van der Waals surface area contributed by atoms with Crippen LogP contribution in [0.5, 0.6) is 5.75 Å². The average molecular weight is 346 g/mol. The van der Waals surface area contributed by atoms with Crippen LogP contribution in [0.25, 0.3) is 0 Å². The van der Waals surface area contributed by atoms with Gasteiger partial charge in [-0.15, -0.1) is 0 Å². The van der Waals surface area contributed by atoms with Gasteiger partial charge in [-0.05, 0) is 36.6 Å². The molecule has 0 radical (unpaired) electrons. The van der Waals surface area contributed by atoms with Gasteiger partial charge in [-0.2, -0.15) is 4.98 Å². The van der Waals surface area contributed by atoms with Crippen LogP contribution in [0, 0.1) is 6.92 Å². The summed E-state index contributed by atoms with van der Waals surface area (Å²) in [6.07, 6.45) is 1.04. The number of nitrogens with one attached hydrogen (secondary N) is 1. The number of aromatic nitrogens is 2. The quantitative estimate of drug-likeness (QED) is 0.771. The first-order valence-corrected chi connectivity index (χ1v) is 8.80. The molecule has 5 nitrogen and oxygen atoms in total. The van der Waals surface area contributed by atoms with E-state index in [2.05, 4.69) is 39.5 Å². The second-order valence-corrected chi connectivity index (χ2v) is 6.46. The molecule has 0 aliphatic carbocycles. The third-order valence-corrected chi connectivity index (χ3v) is 4.65. The number of hydrogen-bond acceptors (Lipinski definition) is 5. The van der Waals surface area contributed by atoms with Crippen LogP contribution in [0.1, 0.15) is 16.8 Å². The molecule has 0 fully saturated rings. The zero-order valence-electron chi connectivity index (χ0n) is 15.1. The number of methoxy groups -OCH3 is 1. The van der Waals surface area contributed by atoms with Crippen molar-refractivity contribution in [1.29, 1.82) is 0 Å². The first-order chi connectivity index (χ1) is 12.7. The number of fused-ring (bicyclic) bond motifs is 1. The fraction of sp³-hybridized carbons (Fsp3) is 0.238. The van der Waals surface area contributed by atoms with Crippen molar-refractivity contribution in [3.05, 3.63) is 71.4 Å². The van der Waals surface area contributed by atoms with E-state index >= 15 is 0 Å². The molecule has 5 heteroatoms. The maximum Gasteiger partial charge on any atom is 0.229 e. The summed E-state index contributed by atoms with van der Waals surface area (Å²) in [5, 5.41) is 3.29. The minimum absolute atomic E-state index is 0.586. The van der Waals surface area contributed by atoms with Crippen molar-refractivity contribution in [2.75, 3.05) is 23.9 Å². The van der Waals surface area contributed by atoms with E-state index < -0.39 is 0 Å². The molecule has 0 amide bonds. The second-order valence-electron chi connectivity index (χ2n) is 6.46. The summed E-state index contributed by atoms with van der Waals surface area (Å²) in [4.78, 5) is 11.6. The SMILES string of the molecule is COc1ccccc1Nc1nc(C)cc(N2CCc3ccccc3C2)n1. The third kappa shape index (κ3) is 3.33. The highest BCUT2D eigenvalue weighted by atomic mass is 16.5. The maximum absolute atomic E-state index is 5.40. The van der Waals surface area contributed by atoms with Gasteiger partial charge < -0.3 is 15.0 Å². The molecule has 2 aromatic carbocycles. The van der Waals surface area contributed by atoms with E-state index in [0.717, 1.165) is 42.5 Å². The summed E-state index contributed by atoms with van der Waals surface area (Å²) in [6.45, 7) is 3.83. The molecule has 0 bridgehead atoms. The Bertz CT molecular complexity index is 925. The predicted octanol–water partition coefficient (Wildman–Crippen LogP) is 4.10. The van der Waals surface area contributed by atoms with E-state index in [-0.39, 0.29) is 0 Å². The summed E-state index contributed by atoms with van der Waals surface area (Å²) in [5.41, 5.74) is 4.60. The van der Waals surface area contributed by atoms with Gasteiger partial charge in [0.15, 0.2) is 0 Å². The van der Waals surface area contributed by atoms with Crippen LogP contribution in [-0.4, -0.2) is 23.6 Å².